The first-order valence-corrected chi connectivity index (χ1v) is 4.25. The van der Waals surface area contributed by atoms with Crippen molar-refractivity contribution in [2.75, 3.05) is 6.54 Å². The summed E-state index contributed by atoms with van der Waals surface area (Å²) in [6.45, 7) is 3.80. The van der Waals surface area contributed by atoms with Crippen molar-refractivity contribution in [1.29, 1.82) is 0 Å². The molecule has 0 aromatic carbocycles. The van der Waals surface area contributed by atoms with Crippen molar-refractivity contribution in [3.05, 3.63) is 0 Å². The van der Waals surface area contributed by atoms with Crippen molar-refractivity contribution < 1.29 is 9.59 Å². The number of hydrogen-bond acceptors (Lipinski definition) is 3. The zero-order chi connectivity index (χ0) is 10.4. The maximum absolute atomic E-state index is 11.1. The first kappa shape index (κ1) is 15.8. The summed E-state index contributed by atoms with van der Waals surface area (Å²) >= 11 is 0. The third kappa shape index (κ3) is 8.00. The van der Waals surface area contributed by atoms with E-state index < -0.39 is 11.9 Å². The van der Waals surface area contributed by atoms with E-state index in [1.165, 1.54) is 0 Å². The van der Waals surface area contributed by atoms with Gasteiger partial charge in [0.25, 0.3) is 0 Å². The Morgan fingerprint density at radius 3 is 2.21 bits per heavy atom. The number of nitrogens with two attached hydrogens (primary N) is 2. The number of primary amides is 1. The topological polar surface area (TPSA) is 98.2 Å². The summed E-state index contributed by atoms with van der Waals surface area (Å²) in [7, 11) is 0. The van der Waals surface area contributed by atoms with Crippen LogP contribution in [0.2, 0.25) is 0 Å². The number of carbonyl (C=O) groups excluding carboxylic acids is 2. The van der Waals surface area contributed by atoms with Crippen molar-refractivity contribution in [2.24, 2.45) is 17.4 Å². The van der Waals surface area contributed by atoms with Crippen LogP contribution in [0.5, 0.6) is 0 Å². The van der Waals surface area contributed by atoms with Crippen LogP contribution in [0.25, 0.3) is 0 Å². The molecule has 0 aromatic rings. The normalized spacial score (nSPS) is 11.7. The zero-order valence-corrected chi connectivity index (χ0v) is 10.2. The van der Waals surface area contributed by atoms with Gasteiger partial charge < -0.3 is 16.8 Å². The third-order valence-corrected chi connectivity index (χ3v) is 1.50. The SMILES string of the molecule is Br.CC(C)C[C@H](N)C(=O)NCC(N)=O. The van der Waals surface area contributed by atoms with Crippen molar-refractivity contribution in [2.45, 2.75) is 26.3 Å². The molecule has 5 nitrogen and oxygen atoms in total. The highest BCUT2D eigenvalue weighted by molar-refractivity contribution is 8.93. The molecule has 0 radical (unpaired) electrons. The van der Waals surface area contributed by atoms with Crippen molar-refractivity contribution in [3.8, 4) is 0 Å². The Hall–Kier alpha value is -0.620. The highest BCUT2D eigenvalue weighted by Gasteiger charge is 2.14. The molecule has 0 rings (SSSR count). The first-order valence-electron chi connectivity index (χ1n) is 4.25. The first-order chi connectivity index (χ1) is 5.93. The molecule has 0 unspecified atom stereocenters. The highest BCUT2D eigenvalue weighted by atomic mass is 79.9. The molecule has 6 heteroatoms. The number of rotatable bonds is 5. The summed E-state index contributed by atoms with van der Waals surface area (Å²) < 4.78 is 0. The van der Waals surface area contributed by atoms with E-state index >= 15 is 0 Å². The van der Waals surface area contributed by atoms with E-state index in [0.29, 0.717) is 12.3 Å². The van der Waals surface area contributed by atoms with E-state index in [1.807, 2.05) is 13.8 Å². The highest BCUT2D eigenvalue weighted by Crippen LogP contribution is 2.01. The Bertz CT molecular complexity index is 197. The predicted molar refractivity (Wildman–Crippen MR) is 60.0 cm³/mol. The molecule has 0 saturated heterocycles. The van der Waals surface area contributed by atoms with Crippen molar-refractivity contribution in [1.82, 2.24) is 5.32 Å². The monoisotopic (exact) mass is 267 g/mol. The van der Waals surface area contributed by atoms with Crippen LogP contribution in [0.1, 0.15) is 20.3 Å². The minimum absolute atomic E-state index is 0. The van der Waals surface area contributed by atoms with E-state index in [9.17, 15) is 9.59 Å². The van der Waals surface area contributed by atoms with E-state index in [-0.39, 0.29) is 29.4 Å². The van der Waals surface area contributed by atoms with E-state index in [1.54, 1.807) is 0 Å². The molecule has 0 bridgehead atoms. The van der Waals surface area contributed by atoms with E-state index in [2.05, 4.69) is 5.32 Å². The Morgan fingerprint density at radius 2 is 1.86 bits per heavy atom. The van der Waals surface area contributed by atoms with Gasteiger partial charge in [0.1, 0.15) is 0 Å². The second-order valence-electron chi connectivity index (χ2n) is 3.42. The molecule has 0 aliphatic carbocycles. The Labute approximate surface area is 94.4 Å². The standard InChI is InChI=1S/C8H17N3O2.BrH/c1-5(2)3-6(9)8(13)11-4-7(10)12;/h5-6H,3-4,9H2,1-2H3,(H2,10,12)(H,11,13);1H/t6-;/m0./s1. The maximum Gasteiger partial charge on any atom is 0.237 e. The lowest BCUT2D eigenvalue weighted by molar-refractivity contribution is -0.125. The van der Waals surface area contributed by atoms with Crippen LogP contribution < -0.4 is 16.8 Å². The Kier molecular flexibility index (Phi) is 8.77. The summed E-state index contributed by atoms with van der Waals surface area (Å²) in [5.74, 6) is -0.535. The lowest BCUT2D eigenvalue weighted by Crippen LogP contribution is -2.44. The summed E-state index contributed by atoms with van der Waals surface area (Å²) in [5, 5.41) is 2.35. The van der Waals surface area contributed by atoms with Gasteiger partial charge in [-0.3, -0.25) is 9.59 Å². The molecule has 0 saturated carbocycles. The van der Waals surface area contributed by atoms with E-state index in [4.69, 9.17) is 11.5 Å². The minimum atomic E-state index is -0.565. The Balaban J connectivity index is 0. The van der Waals surface area contributed by atoms with Gasteiger partial charge in [0.05, 0.1) is 12.6 Å². The number of halogens is 1. The van der Waals surface area contributed by atoms with Gasteiger partial charge in [0, 0.05) is 0 Å². The lowest BCUT2D eigenvalue weighted by Gasteiger charge is -2.12. The predicted octanol–water partition coefficient (Wildman–Crippen LogP) is -0.461. The van der Waals surface area contributed by atoms with Crippen LogP contribution in [0, 0.1) is 5.92 Å². The average Bonchev–Trinajstić information content (AvgIpc) is 1.98. The molecule has 0 fully saturated rings. The van der Waals surface area contributed by atoms with Gasteiger partial charge in [-0.2, -0.15) is 0 Å². The molecular formula is C8H18BrN3O2. The molecule has 84 valence electrons. The van der Waals surface area contributed by atoms with Crippen LogP contribution in [0.3, 0.4) is 0 Å². The lowest BCUT2D eigenvalue weighted by atomic mass is 10.0. The van der Waals surface area contributed by atoms with Crippen LogP contribution in [-0.4, -0.2) is 24.4 Å². The van der Waals surface area contributed by atoms with Gasteiger partial charge in [-0.25, -0.2) is 0 Å². The number of amides is 2. The summed E-state index contributed by atoms with van der Waals surface area (Å²) in [6, 6.07) is -0.556. The van der Waals surface area contributed by atoms with Gasteiger partial charge in [0.15, 0.2) is 0 Å². The summed E-state index contributed by atoms with van der Waals surface area (Å²) in [5.41, 5.74) is 10.4. The third-order valence-electron chi connectivity index (χ3n) is 1.50. The van der Waals surface area contributed by atoms with Gasteiger partial charge >= 0.3 is 0 Å². The second-order valence-corrected chi connectivity index (χ2v) is 3.42. The molecule has 0 heterocycles. The van der Waals surface area contributed by atoms with Gasteiger partial charge in [-0.1, -0.05) is 13.8 Å². The van der Waals surface area contributed by atoms with Crippen LogP contribution in [-0.2, 0) is 9.59 Å². The molecule has 2 amide bonds. The molecule has 0 aliphatic rings. The van der Waals surface area contributed by atoms with Gasteiger partial charge in [0.2, 0.25) is 11.8 Å². The Morgan fingerprint density at radius 1 is 1.36 bits per heavy atom. The van der Waals surface area contributed by atoms with Gasteiger partial charge in [-0.15, -0.1) is 17.0 Å². The summed E-state index contributed by atoms with van der Waals surface area (Å²) in [6.07, 6.45) is 0.602. The fourth-order valence-corrected chi connectivity index (χ4v) is 0.920. The maximum atomic E-state index is 11.1. The molecule has 14 heavy (non-hydrogen) atoms. The van der Waals surface area contributed by atoms with Gasteiger partial charge in [-0.05, 0) is 12.3 Å². The molecule has 0 aliphatic heterocycles. The minimum Gasteiger partial charge on any atom is -0.368 e. The number of nitrogens with one attached hydrogen (secondary N) is 1. The molecule has 5 N–H and O–H groups in total. The zero-order valence-electron chi connectivity index (χ0n) is 8.45. The van der Waals surface area contributed by atoms with Crippen LogP contribution in [0.15, 0.2) is 0 Å². The number of carbonyl (C=O) groups is 2. The second kappa shape index (κ2) is 7.75. The molecule has 0 spiro atoms. The fraction of sp³-hybridized carbons (Fsp3) is 0.750. The molecule has 0 aromatic heterocycles. The molecular weight excluding hydrogens is 250 g/mol. The van der Waals surface area contributed by atoms with Crippen molar-refractivity contribution in [3.63, 3.8) is 0 Å². The van der Waals surface area contributed by atoms with Crippen LogP contribution in [0.4, 0.5) is 0 Å². The smallest absolute Gasteiger partial charge is 0.237 e. The largest absolute Gasteiger partial charge is 0.368 e. The molecule has 1 atom stereocenters. The van der Waals surface area contributed by atoms with Crippen LogP contribution >= 0.6 is 17.0 Å². The average molecular weight is 268 g/mol. The fourth-order valence-electron chi connectivity index (χ4n) is 0.920. The van der Waals surface area contributed by atoms with E-state index in [0.717, 1.165) is 0 Å². The number of hydrogen-bond donors (Lipinski definition) is 3. The quantitative estimate of drug-likeness (QED) is 0.629. The van der Waals surface area contributed by atoms with Crippen molar-refractivity contribution >= 4 is 28.8 Å². The summed E-state index contributed by atoms with van der Waals surface area (Å²) in [4.78, 5) is 21.5.